The molecular formula is C18H24N2. The summed E-state index contributed by atoms with van der Waals surface area (Å²) in [5.74, 6) is 0. The lowest BCUT2D eigenvalue weighted by atomic mass is 10.0. The molecule has 106 valence electrons. The third kappa shape index (κ3) is 3.20. The maximum Gasteiger partial charge on any atom is 0.0664 e. The van der Waals surface area contributed by atoms with Crippen LogP contribution in [0.15, 0.2) is 48.5 Å². The first-order valence-electron chi connectivity index (χ1n) is 7.25. The van der Waals surface area contributed by atoms with Crippen molar-refractivity contribution in [1.82, 2.24) is 0 Å². The van der Waals surface area contributed by atoms with Crippen molar-refractivity contribution in [3.8, 4) is 0 Å². The highest BCUT2D eigenvalue weighted by Crippen LogP contribution is 2.26. The molecule has 1 unspecified atom stereocenters. The van der Waals surface area contributed by atoms with Gasteiger partial charge in [-0.1, -0.05) is 47.5 Å². The van der Waals surface area contributed by atoms with Gasteiger partial charge in [0.15, 0.2) is 0 Å². The molecule has 2 nitrogen and oxygen atoms in total. The SMILES string of the molecule is CCN(c1ccc(C)cc1)C(CN)c1ccc(C)cc1. The standard InChI is InChI=1S/C18H24N2/c1-4-20(17-11-7-15(3)8-12-17)18(13-19)16-9-5-14(2)6-10-16/h5-12,18H,4,13,19H2,1-3H3. The summed E-state index contributed by atoms with van der Waals surface area (Å²) in [5, 5.41) is 0. The van der Waals surface area contributed by atoms with Crippen LogP contribution in [0.3, 0.4) is 0 Å². The van der Waals surface area contributed by atoms with Crippen LogP contribution in [0.25, 0.3) is 0 Å². The summed E-state index contributed by atoms with van der Waals surface area (Å²) >= 11 is 0. The van der Waals surface area contributed by atoms with Crippen LogP contribution in [0, 0.1) is 13.8 Å². The van der Waals surface area contributed by atoms with Crippen molar-refractivity contribution in [3.05, 3.63) is 65.2 Å². The monoisotopic (exact) mass is 268 g/mol. The number of hydrogen-bond acceptors (Lipinski definition) is 2. The van der Waals surface area contributed by atoms with E-state index >= 15 is 0 Å². The molecule has 1 atom stereocenters. The molecule has 0 aliphatic carbocycles. The number of benzene rings is 2. The lowest BCUT2D eigenvalue weighted by Gasteiger charge is -2.32. The Balaban J connectivity index is 2.32. The summed E-state index contributed by atoms with van der Waals surface area (Å²) in [6, 6.07) is 17.6. The van der Waals surface area contributed by atoms with E-state index in [4.69, 9.17) is 5.73 Å². The minimum Gasteiger partial charge on any atom is -0.363 e. The Morgan fingerprint density at radius 2 is 1.40 bits per heavy atom. The van der Waals surface area contributed by atoms with E-state index in [2.05, 4.69) is 74.2 Å². The van der Waals surface area contributed by atoms with Crippen molar-refractivity contribution < 1.29 is 0 Å². The summed E-state index contributed by atoms with van der Waals surface area (Å²) in [6.07, 6.45) is 0. The van der Waals surface area contributed by atoms with Gasteiger partial charge in [0, 0.05) is 18.8 Å². The molecule has 0 saturated carbocycles. The Hall–Kier alpha value is -1.80. The Morgan fingerprint density at radius 3 is 1.85 bits per heavy atom. The second kappa shape index (κ2) is 6.58. The lowest BCUT2D eigenvalue weighted by molar-refractivity contribution is 0.643. The van der Waals surface area contributed by atoms with Gasteiger partial charge in [0.25, 0.3) is 0 Å². The second-order valence-electron chi connectivity index (χ2n) is 5.28. The number of anilines is 1. The van der Waals surface area contributed by atoms with Crippen molar-refractivity contribution in [3.63, 3.8) is 0 Å². The zero-order valence-electron chi connectivity index (χ0n) is 12.6. The van der Waals surface area contributed by atoms with Gasteiger partial charge in [-0.25, -0.2) is 0 Å². The van der Waals surface area contributed by atoms with Crippen LogP contribution in [0.5, 0.6) is 0 Å². The van der Waals surface area contributed by atoms with Crippen molar-refractivity contribution in [1.29, 1.82) is 0 Å². The number of nitrogens with zero attached hydrogens (tertiary/aromatic N) is 1. The highest BCUT2D eigenvalue weighted by atomic mass is 15.2. The van der Waals surface area contributed by atoms with E-state index in [9.17, 15) is 0 Å². The molecular weight excluding hydrogens is 244 g/mol. The summed E-state index contributed by atoms with van der Waals surface area (Å²) in [7, 11) is 0. The predicted molar refractivity (Wildman–Crippen MR) is 87.2 cm³/mol. The molecule has 0 aliphatic rings. The van der Waals surface area contributed by atoms with Crippen LogP contribution in [0.2, 0.25) is 0 Å². The molecule has 0 radical (unpaired) electrons. The predicted octanol–water partition coefficient (Wildman–Crippen LogP) is 3.83. The Morgan fingerprint density at radius 1 is 0.900 bits per heavy atom. The quantitative estimate of drug-likeness (QED) is 0.893. The van der Waals surface area contributed by atoms with E-state index < -0.39 is 0 Å². The normalized spacial score (nSPS) is 12.2. The molecule has 20 heavy (non-hydrogen) atoms. The van der Waals surface area contributed by atoms with Gasteiger partial charge in [-0.2, -0.15) is 0 Å². The minimum atomic E-state index is 0.225. The van der Waals surface area contributed by atoms with Crippen LogP contribution in [-0.2, 0) is 0 Å². The molecule has 0 heterocycles. The third-order valence-corrected chi connectivity index (χ3v) is 3.77. The van der Waals surface area contributed by atoms with Gasteiger partial charge < -0.3 is 10.6 Å². The first kappa shape index (κ1) is 14.6. The minimum absolute atomic E-state index is 0.225. The summed E-state index contributed by atoms with van der Waals surface area (Å²) in [5.41, 5.74) is 11.1. The fourth-order valence-electron chi connectivity index (χ4n) is 2.55. The number of hydrogen-bond donors (Lipinski definition) is 1. The second-order valence-corrected chi connectivity index (χ2v) is 5.28. The van der Waals surface area contributed by atoms with Gasteiger partial charge in [0.05, 0.1) is 6.04 Å². The van der Waals surface area contributed by atoms with E-state index in [1.807, 2.05) is 0 Å². The molecule has 2 rings (SSSR count). The molecule has 0 spiro atoms. The van der Waals surface area contributed by atoms with Crippen LogP contribution in [0.4, 0.5) is 5.69 Å². The Labute approximate surface area is 122 Å². The molecule has 0 bridgehead atoms. The molecule has 0 aliphatic heterocycles. The highest BCUT2D eigenvalue weighted by Gasteiger charge is 2.17. The van der Waals surface area contributed by atoms with Crippen LogP contribution >= 0.6 is 0 Å². The maximum absolute atomic E-state index is 6.04. The van der Waals surface area contributed by atoms with Crippen LogP contribution < -0.4 is 10.6 Å². The van der Waals surface area contributed by atoms with Crippen LogP contribution in [0.1, 0.15) is 29.7 Å². The molecule has 2 N–H and O–H groups in total. The molecule has 0 aromatic heterocycles. The zero-order valence-corrected chi connectivity index (χ0v) is 12.6. The molecule has 2 aromatic rings. The lowest BCUT2D eigenvalue weighted by Crippen LogP contribution is -2.33. The molecule has 0 fully saturated rings. The first-order valence-corrected chi connectivity index (χ1v) is 7.25. The molecule has 0 amide bonds. The van der Waals surface area contributed by atoms with Gasteiger partial charge in [-0.3, -0.25) is 0 Å². The van der Waals surface area contributed by atoms with Crippen molar-refractivity contribution >= 4 is 5.69 Å². The number of likely N-dealkylation sites (N-methyl/N-ethyl adjacent to an activating group) is 1. The smallest absolute Gasteiger partial charge is 0.0664 e. The fraction of sp³-hybridized carbons (Fsp3) is 0.333. The topological polar surface area (TPSA) is 29.3 Å². The highest BCUT2D eigenvalue weighted by molar-refractivity contribution is 5.50. The number of nitrogens with two attached hydrogens (primary N) is 1. The van der Waals surface area contributed by atoms with Gasteiger partial charge >= 0.3 is 0 Å². The average Bonchev–Trinajstić information content (AvgIpc) is 2.47. The average molecular weight is 268 g/mol. The maximum atomic E-state index is 6.04. The van der Waals surface area contributed by atoms with E-state index in [1.165, 1.54) is 22.4 Å². The van der Waals surface area contributed by atoms with Gasteiger partial charge in [-0.15, -0.1) is 0 Å². The number of rotatable bonds is 5. The van der Waals surface area contributed by atoms with E-state index in [1.54, 1.807) is 0 Å². The van der Waals surface area contributed by atoms with Gasteiger partial charge in [0.1, 0.15) is 0 Å². The first-order chi connectivity index (χ1) is 9.65. The third-order valence-electron chi connectivity index (χ3n) is 3.77. The summed E-state index contributed by atoms with van der Waals surface area (Å²) < 4.78 is 0. The zero-order chi connectivity index (χ0) is 14.5. The molecule has 2 heteroatoms. The van der Waals surface area contributed by atoms with E-state index in [0.29, 0.717) is 6.54 Å². The molecule has 0 saturated heterocycles. The van der Waals surface area contributed by atoms with Gasteiger partial charge in [0.2, 0.25) is 0 Å². The fourth-order valence-corrected chi connectivity index (χ4v) is 2.55. The van der Waals surface area contributed by atoms with Crippen molar-refractivity contribution in [2.24, 2.45) is 5.73 Å². The van der Waals surface area contributed by atoms with E-state index in [-0.39, 0.29) is 6.04 Å². The Kier molecular flexibility index (Phi) is 4.80. The van der Waals surface area contributed by atoms with Crippen LogP contribution in [-0.4, -0.2) is 13.1 Å². The summed E-state index contributed by atoms with van der Waals surface area (Å²) in [4.78, 5) is 2.37. The van der Waals surface area contributed by atoms with Gasteiger partial charge in [-0.05, 0) is 38.5 Å². The van der Waals surface area contributed by atoms with E-state index in [0.717, 1.165) is 6.54 Å². The van der Waals surface area contributed by atoms with Crippen molar-refractivity contribution in [2.75, 3.05) is 18.0 Å². The number of aryl methyl sites for hydroxylation is 2. The largest absolute Gasteiger partial charge is 0.363 e. The molecule has 2 aromatic carbocycles. The van der Waals surface area contributed by atoms with Crippen molar-refractivity contribution in [2.45, 2.75) is 26.8 Å². The Bertz CT molecular complexity index is 477. The summed E-state index contributed by atoms with van der Waals surface area (Å²) in [6.45, 7) is 7.96.